The van der Waals surface area contributed by atoms with E-state index in [2.05, 4.69) is 4.90 Å². The highest BCUT2D eigenvalue weighted by atomic mass is 32.2. The van der Waals surface area contributed by atoms with Crippen LogP contribution < -0.4 is 4.90 Å². The summed E-state index contributed by atoms with van der Waals surface area (Å²) in [6, 6.07) is 8.71. The minimum Gasteiger partial charge on any atom is -0.481 e. The van der Waals surface area contributed by atoms with Crippen LogP contribution in [0.25, 0.3) is 0 Å². The Balaban J connectivity index is 1.59. The van der Waals surface area contributed by atoms with Gasteiger partial charge in [0.15, 0.2) is 12.3 Å². The maximum atomic E-state index is 12.4. The summed E-state index contributed by atoms with van der Waals surface area (Å²) >= 11 is 0. The van der Waals surface area contributed by atoms with Crippen LogP contribution in [0.4, 0.5) is 11.4 Å². The number of carbonyl (C=O) groups is 1. The summed E-state index contributed by atoms with van der Waals surface area (Å²) in [6.45, 7) is 9.12. The third-order valence-corrected chi connectivity index (χ3v) is 14.8. The van der Waals surface area contributed by atoms with E-state index >= 15 is 0 Å². The van der Waals surface area contributed by atoms with Crippen LogP contribution in [0.2, 0.25) is 0 Å². The first kappa shape index (κ1) is 59.6. The third kappa shape index (κ3) is 18.2. The average Bonchev–Trinajstić information content (AvgIpc) is 3.67. The van der Waals surface area contributed by atoms with E-state index in [0.29, 0.717) is 114 Å². The van der Waals surface area contributed by atoms with Gasteiger partial charge in [-0.05, 0) is 87.9 Å². The molecule has 0 fully saturated rings. The van der Waals surface area contributed by atoms with Crippen molar-refractivity contribution in [2.45, 2.75) is 79.4 Å². The zero-order valence-electron chi connectivity index (χ0n) is 41.0. The molecule has 2 unspecified atom stereocenters. The normalized spacial score (nSPS) is 19.0. The predicted molar refractivity (Wildman–Crippen MR) is 265 cm³/mol. The fourth-order valence-corrected chi connectivity index (χ4v) is 10.2. The zero-order valence-corrected chi connectivity index (χ0v) is 43.5. The van der Waals surface area contributed by atoms with Crippen LogP contribution in [-0.2, 0) is 79.1 Å². The van der Waals surface area contributed by atoms with Gasteiger partial charge in [0, 0.05) is 68.3 Å². The van der Waals surface area contributed by atoms with E-state index in [1.54, 1.807) is 38.5 Å². The Kier molecular flexibility index (Phi) is 23.9. The zero-order chi connectivity index (χ0) is 52.1. The molecule has 0 aromatic heterocycles. The SMILES string of the molecule is COCCOCCOCCOCCOCCOCC[N+]1=C(C=CC=CC=C2N(CCCCCC(=O)O)c3ccc(S(=O)(=O)O)cc3C2(C)CCOC)C(C)(CCCS(=O)(=O)O)c2cc(S(=O)(=O)O)ccc21. The molecule has 4 N–H and O–H groups in total. The van der Waals surface area contributed by atoms with Gasteiger partial charge in [-0.25, -0.2) is 0 Å². The first-order valence-electron chi connectivity index (χ1n) is 23.4. The number of methoxy groups -OCH3 is 2. The van der Waals surface area contributed by atoms with E-state index in [-0.39, 0.29) is 55.4 Å². The fourth-order valence-electron chi connectivity index (χ4n) is 8.67. The highest BCUT2D eigenvalue weighted by Gasteiger charge is 2.48. The maximum absolute atomic E-state index is 12.4. The summed E-state index contributed by atoms with van der Waals surface area (Å²) in [6.07, 6.45) is 11.5. The van der Waals surface area contributed by atoms with Crippen molar-refractivity contribution < 1.29 is 86.5 Å². The van der Waals surface area contributed by atoms with E-state index in [1.807, 2.05) is 36.7 Å². The number of ether oxygens (including phenoxy) is 7. The van der Waals surface area contributed by atoms with Crippen molar-refractivity contribution in [2.75, 3.05) is 117 Å². The summed E-state index contributed by atoms with van der Waals surface area (Å²) in [7, 11) is -10.3. The molecule has 0 amide bonds. The molecule has 2 aliphatic rings. The number of hydrogen-bond donors (Lipinski definition) is 4. The highest BCUT2D eigenvalue weighted by molar-refractivity contribution is 7.86. The van der Waals surface area contributed by atoms with Crippen molar-refractivity contribution in [3.05, 3.63) is 83.6 Å². The lowest BCUT2D eigenvalue weighted by Crippen LogP contribution is -2.32. The number of allylic oxidation sites excluding steroid dienone is 6. The average molecular weight is 1060 g/mol. The van der Waals surface area contributed by atoms with E-state index in [1.165, 1.54) is 24.3 Å². The molecule has 2 atom stereocenters. The Labute approximate surface area is 418 Å². The lowest BCUT2D eigenvalue weighted by atomic mass is 9.76. The summed E-state index contributed by atoms with van der Waals surface area (Å²) in [5.41, 5.74) is 2.18. The molecule has 2 aromatic rings. The van der Waals surface area contributed by atoms with Crippen molar-refractivity contribution in [2.24, 2.45) is 0 Å². The number of aliphatic carboxylic acids is 1. The number of unbranched alkanes of at least 4 members (excludes halogenated alkanes) is 2. The summed E-state index contributed by atoms with van der Waals surface area (Å²) in [4.78, 5) is 12.7. The Bertz CT molecular complexity index is 2530. The topological polar surface area (TPSA) is 271 Å². The van der Waals surface area contributed by atoms with Gasteiger partial charge in [-0.1, -0.05) is 24.6 Å². The van der Waals surface area contributed by atoms with Gasteiger partial charge in [-0.15, -0.1) is 0 Å². The van der Waals surface area contributed by atoms with Crippen LogP contribution in [0, 0.1) is 0 Å². The van der Waals surface area contributed by atoms with E-state index in [9.17, 15) is 48.8 Å². The molecule has 0 saturated heterocycles. The number of fused-ring (bicyclic) bond motifs is 2. The third-order valence-electron chi connectivity index (χ3n) is 12.3. The molecule has 0 bridgehead atoms. The van der Waals surface area contributed by atoms with Gasteiger partial charge in [0.25, 0.3) is 30.4 Å². The number of hydrogen-bond acceptors (Lipinski definition) is 15. The molecule has 20 nitrogen and oxygen atoms in total. The van der Waals surface area contributed by atoms with Crippen molar-refractivity contribution in [3.8, 4) is 0 Å². The van der Waals surface area contributed by atoms with Crippen molar-refractivity contribution in [3.63, 3.8) is 0 Å². The first-order chi connectivity index (χ1) is 33.7. The maximum Gasteiger partial charge on any atom is 0.303 e. The highest BCUT2D eigenvalue weighted by Crippen LogP contribution is 2.51. The van der Waals surface area contributed by atoms with Gasteiger partial charge in [0.1, 0.15) is 6.61 Å². The summed E-state index contributed by atoms with van der Waals surface area (Å²) in [5, 5.41) is 9.18. The number of nitrogens with zero attached hydrogens (tertiary/aromatic N) is 2. The molecule has 0 saturated carbocycles. The van der Waals surface area contributed by atoms with Crippen LogP contribution in [-0.4, -0.2) is 173 Å². The summed E-state index contributed by atoms with van der Waals surface area (Å²) in [5.74, 6) is -1.42. The minimum absolute atomic E-state index is 0.0128. The smallest absolute Gasteiger partial charge is 0.303 e. The number of carboxylic acid groups (broad SMARTS) is 1. The predicted octanol–water partition coefficient (Wildman–Crippen LogP) is 5.39. The molecule has 0 radical (unpaired) electrons. The van der Waals surface area contributed by atoms with E-state index in [0.717, 1.165) is 11.4 Å². The van der Waals surface area contributed by atoms with Crippen molar-refractivity contribution in [1.29, 1.82) is 0 Å². The van der Waals surface area contributed by atoms with Crippen molar-refractivity contribution in [1.82, 2.24) is 0 Å². The van der Waals surface area contributed by atoms with Crippen molar-refractivity contribution >= 4 is 53.4 Å². The van der Waals surface area contributed by atoms with Crippen LogP contribution in [0.3, 0.4) is 0 Å². The molecule has 2 aliphatic heterocycles. The number of anilines is 1. The lowest BCUT2D eigenvalue weighted by molar-refractivity contribution is -0.442. The van der Waals surface area contributed by atoms with E-state index < -0.39 is 52.9 Å². The van der Waals surface area contributed by atoms with Crippen LogP contribution in [0.5, 0.6) is 0 Å². The largest absolute Gasteiger partial charge is 0.481 e. The monoisotopic (exact) mass is 1060 g/mol. The molecule has 2 heterocycles. The molecule has 0 spiro atoms. The fraction of sp³-hybridized carbons (Fsp3) is 0.583. The molecule has 23 heteroatoms. The summed E-state index contributed by atoms with van der Waals surface area (Å²) < 4.78 is 143. The van der Waals surface area contributed by atoms with Crippen LogP contribution in [0.15, 0.2) is 82.3 Å². The van der Waals surface area contributed by atoms with Gasteiger partial charge in [-0.2, -0.15) is 29.8 Å². The Hall–Kier alpha value is -3.95. The van der Waals surface area contributed by atoms with E-state index in [4.69, 9.17) is 33.2 Å². The van der Waals surface area contributed by atoms with Gasteiger partial charge in [0.2, 0.25) is 5.69 Å². The van der Waals surface area contributed by atoms with Crippen LogP contribution in [0.1, 0.15) is 69.9 Å². The Morgan fingerprint density at radius 3 is 1.73 bits per heavy atom. The molecule has 2 aromatic carbocycles. The van der Waals surface area contributed by atoms with Gasteiger partial charge in [-0.3, -0.25) is 18.5 Å². The van der Waals surface area contributed by atoms with Gasteiger partial charge in [0.05, 0.1) is 87.0 Å². The Morgan fingerprint density at radius 2 is 1.18 bits per heavy atom. The second-order valence-corrected chi connectivity index (χ2v) is 21.8. The molecule has 71 heavy (non-hydrogen) atoms. The standard InChI is InChI=1S/C48H70N2O18S3/c1-47(19-11-35-69(53,54)55)40-36-38(70(56,57)58)16-18-43(40)50(22-24-64-27-28-66-31-32-68-34-33-67-30-29-65-26-25-63-4)44(47)12-7-5-8-13-45-48(2,20-23-62-3)41-37-39(71(59,60)61)15-17-42(41)49(45)21-10-6-9-14-46(51)52/h5,7-8,12-13,15-18,36-37H,6,9-11,14,19-35H2,1-4H3,(H3-,51,52,53,54,55,56,57,58,59,60,61)/p+1. The molecule has 0 aliphatic carbocycles. The number of carboxylic acids is 1. The molecular formula is C48H71N2O18S3+. The second kappa shape index (κ2) is 28.5. The molecule has 398 valence electrons. The van der Waals surface area contributed by atoms with Gasteiger partial charge < -0.3 is 43.2 Å². The quantitative estimate of drug-likeness (QED) is 0.0288. The lowest BCUT2D eigenvalue weighted by Gasteiger charge is -2.30. The number of benzene rings is 2. The Morgan fingerprint density at radius 1 is 0.634 bits per heavy atom. The minimum atomic E-state index is -4.63. The van der Waals surface area contributed by atoms with Gasteiger partial charge >= 0.3 is 5.97 Å². The number of rotatable bonds is 36. The first-order valence-corrected chi connectivity index (χ1v) is 27.9. The second-order valence-electron chi connectivity index (χ2n) is 17.3. The molecule has 4 rings (SSSR count). The molecular weight excluding hydrogens is 989 g/mol. The van der Waals surface area contributed by atoms with Crippen LogP contribution >= 0.6 is 0 Å².